The van der Waals surface area contributed by atoms with Crippen LogP contribution in [0.3, 0.4) is 0 Å². The second kappa shape index (κ2) is 6.68. The fourth-order valence-electron chi connectivity index (χ4n) is 1.63. The van der Waals surface area contributed by atoms with Gasteiger partial charge in [0.2, 0.25) is 5.95 Å². The van der Waals surface area contributed by atoms with Gasteiger partial charge in [0, 0.05) is 20.1 Å². The summed E-state index contributed by atoms with van der Waals surface area (Å²) in [4.78, 5) is 2.32. The highest BCUT2D eigenvalue weighted by molar-refractivity contribution is 7.71. The second-order valence-electron chi connectivity index (χ2n) is 4.08. The maximum Gasteiger partial charge on any atom is 0.225 e. The Morgan fingerprint density at radius 2 is 1.81 bits per heavy atom. The van der Waals surface area contributed by atoms with E-state index >= 15 is 0 Å². The lowest BCUT2D eigenvalue weighted by Crippen LogP contribution is -2.28. The van der Waals surface area contributed by atoms with Crippen LogP contribution in [0.2, 0.25) is 0 Å². The van der Waals surface area contributed by atoms with Crippen LogP contribution in [0.5, 0.6) is 0 Å². The molecule has 0 aliphatic heterocycles. The summed E-state index contributed by atoms with van der Waals surface area (Å²) in [5, 5.41) is 7.14. The van der Waals surface area contributed by atoms with E-state index in [1.54, 1.807) is 0 Å². The van der Waals surface area contributed by atoms with E-state index in [4.69, 9.17) is 12.2 Å². The molecular formula is C11H22N4S. The SMILES string of the molecule is CCCCN(CCCC)c1n[nH]c(=S)n1C. The van der Waals surface area contributed by atoms with Gasteiger partial charge in [0.15, 0.2) is 4.77 Å². The smallest absolute Gasteiger partial charge is 0.225 e. The Kier molecular flexibility index (Phi) is 5.52. The molecule has 0 atom stereocenters. The number of nitrogens with one attached hydrogen (secondary N) is 1. The van der Waals surface area contributed by atoms with Crippen molar-refractivity contribution in [2.24, 2.45) is 7.05 Å². The molecule has 1 aromatic heterocycles. The van der Waals surface area contributed by atoms with Gasteiger partial charge in [-0.1, -0.05) is 26.7 Å². The van der Waals surface area contributed by atoms with Gasteiger partial charge in [-0.25, -0.2) is 5.10 Å². The number of aromatic nitrogens is 3. The number of hydrogen-bond donors (Lipinski definition) is 1. The molecule has 16 heavy (non-hydrogen) atoms. The van der Waals surface area contributed by atoms with Crippen LogP contribution in [0, 0.1) is 4.77 Å². The Morgan fingerprint density at radius 3 is 2.19 bits per heavy atom. The molecule has 1 heterocycles. The Balaban J connectivity index is 2.74. The van der Waals surface area contributed by atoms with E-state index < -0.39 is 0 Å². The standard InChI is InChI=1S/C11H22N4S/c1-4-6-8-15(9-7-5-2)10-12-13-11(16)14(10)3/h4-9H2,1-3H3,(H,13,16). The Labute approximate surface area is 103 Å². The van der Waals surface area contributed by atoms with Crippen molar-refractivity contribution >= 4 is 18.2 Å². The van der Waals surface area contributed by atoms with Gasteiger partial charge in [-0.3, -0.25) is 4.57 Å². The van der Waals surface area contributed by atoms with Crippen LogP contribution in [0.1, 0.15) is 39.5 Å². The largest absolute Gasteiger partial charge is 0.341 e. The van der Waals surface area contributed by atoms with Crippen LogP contribution in [0.15, 0.2) is 0 Å². The Morgan fingerprint density at radius 1 is 1.25 bits per heavy atom. The Bertz CT molecular complexity index is 347. The minimum absolute atomic E-state index is 0.688. The van der Waals surface area contributed by atoms with Gasteiger partial charge in [0.05, 0.1) is 0 Å². The third kappa shape index (κ3) is 3.33. The summed E-state index contributed by atoms with van der Waals surface area (Å²) in [5.41, 5.74) is 0. The zero-order valence-corrected chi connectivity index (χ0v) is 11.3. The molecule has 4 nitrogen and oxygen atoms in total. The predicted octanol–water partition coefficient (Wildman–Crippen LogP) is 2.88. The second-order valence-corrected chi connectivity index (χ2v) is 4.47. The molecular weight excluding hydrogens is 220 g/mol. The third-order valence-electron chi connectivity index (χ3n) is 2.70. The first-order valence-corrected chi connectivity index (χ1v) is 6.47. The highest BCUT2D eigenvalue weighted by Crippen LogP contribution is 2.11. The lowest BCUT2D eigenvalue weighted by Gasteiger charge is -2.22. The first kappa shape index (κ1) is 13.2. The number of nitrogens with zero attached hydrogens (tertiary/aromatic N) is 3. The van der Waals surface area contributed by atoms with E-state index in [0.717, 1.165) is 19.0 Å². The Hall–Kier alpha value is -0.840. The van der Waals surface area contributed by atoms with Crippen molar-refractivity contribution in [1.82, 2.24) is 14.8 Å². The first-order valence-electron chi connectivity index (χ1n) is 6.07. The summed E-state index contributed by atoms with van der Waals surface area (Å²) in [5.74, 6) is 0.965. The van der Waals surface area contributed by atoms with Gasteiger partial charge >= 0.3 is 0 Å². The van der Waals surface area contributed by atoms with E-state index in [0.29, 0.717) is 4.77 Å². The zero-order chi connectivity index (χ0) is 12.0. The third-order valence-corrected chi connectivity index (χ3v) is 3.07. The van der Waals surface area contributed by atoms with Crippen LogP contribution < -0.4 is 4.90 Å². The van der Waals surface area contributed by atoms with Gasteiger partial charge < -0.3 is 4.90 Å². The van der Waals surface area contributed by atoms with E-state index in [1.165, 1.54) is 25.7 Å². The topological polar surface area (TPSA) is 36.9 Å². The summed E-state index contributed by atoms with van der Waals surface area (Å²) >= 11 is 5.14. The molecule has 0 saturated heterocycles. The maximum absolute atomic E-state index is 5.14. The number of unbranched alkanes of at least 4 members (excludes halogenated alkanes) is 2. The number of H-pyrrole nitrogens is 1. The molecule has 5 heteroatoms. The minimum Gasteiger partial charge on any atom is -0.341 e. The van der Waals surface area contributed by atoms with Crippen molar-refractivity contribution in [1.29, 1.82) is 0 Å². The van der Waals surface area contributed by atoms with Crippen LogP contribution in [-0.4, -0.2) is 27.9 Å². The molecule has 0 fully saturated rings. The fourth-order valence-corrected chi connectivity index (χ4v) is 1.76. The molecule has 1 rings (SSSR count). The van der Waals surface area contributed by atoms with Crippen molar-refractivity contribution in [2.75, 3.05) is 18.0 Å². The minimum atomic E-state index is 0.688. The lowest BCUT2D eigenvalue weighted by atomic mass is 10.3. The number of anilines is 1. The average Bonchev–Trinajstić information content (AvgIpc) is 2.61. The van der Waals surface area contributed by atoms with Crippen LogP contribution in [-0.2, 0) is 7.05 Å². The molecule has 0 aliphatic rings. The molecule has 1 N–H and O–H groups in total. The monoisotopic (exact) mass is 242 g/mol. The van der Waals surface area contributed by atoms with Crippen molar-refractivity contribution in [3.05, 3.63) is 4.77 Å². The molecule has 0 spiro atoms. The van der Waals surface area contributed by atoms with Crippen molar-refractivity contribution in [3.63, 3.8) is 0 Å². The molecule has 0 aliphatic carbocycles. The van der Waals surface area contributed by atoms with Gasteiger partial charge in [0.25, 0.3) is 0 Å². The zero-order valence-electron chi connectivity index (χ0n) is 10.5. The van der Waals surface area contributed by atoms with Gasteiger partial charge in [-0.15, -0.1) is 5.10 Å². The highest BCUT2D eigenvalue weighted by Gasteiger charge is 2.11. The normalized spacial score (nSPS) is 10.7. The first-order chi connectivity index (χ1) is 7.70. The number of aromatic amines is 1. The van der Waals surface area contributed by atoms with Gasteiger partial charge in [0.1, 0.15) is 0 Å². The van der Waals surface area contributed by atoms with Crippen molar-refractivity contribution in [2.45, 2.75) is 39.5 Å². The summed E-state index contributed by atoms with van der Waals surface area (Å²) in [6, 6.07) is 0. The van der Waals surface area contributed by atoms with Crippen molar-refractivity contribution in [3.8, 4) is 0 Å². The molecule has 0 aromatic carbocycles. The summed E-state index contributed by atoms with van der Waals surface area (Å²) in [7, 11) is 1.96. The molecule has 1 aromatic rings. The fraction of sp³-hybridized carbons (Fsp3) is 0.818. The van der Waals surface area contributed by atoms with E-state index in [2.05, 4.69) is 28.9 Å². The molecule has 0 saturated carbocycles. The van der Waals surface area contributed by atoms with Gasteiger partial charge in [-0.2, -0.15) is 0 Å². The molecule has 0 bridgehead atoms. The van der Waals surface area contributed by atoms with Crippen LogP contribution in [0.4, 0.5) is 5.95 Å². The van der Waals surface area contributed by atoms with Crippen molar-refractivity contribution < 1.29 is 0 Å². The highest BCUT2D eigenvalue weighted by atomic mass is 32.1. The average molecular weight is 242 g/mol. The predicted molar refractivity (Wildman–Crippen MR) is 70.4 cm³/mol. The van der Waals surface area contributed by atoms with Crippen LogP contribution in [0.25, 0.3) is 0 Å². The van der Waals surface area contributed by atoms with E-state index in [-0.39, 0.29) is 0 Å². The lowest BCUT2D eigenvalue weighted by molar-refractivity contribution is 0.650. The molecule has 0 amide bonds. The molecule has 0 radical (unpaired) electrons. The number of hydrogen-bond acceptors (Lipinski definition) is 3. The van der Waals surface area contributed by atoms with Gasteiger partial charge in [-0.05, 0) is 25.1 Å². The summed E-state index contributed by atoms with van der Waals surface area (Å²) < 4.78 is 2.63. The molecule has 92 valence electrons. The summed E-state index contributed by atoms with van der Waals surface area (Å²) in [6.07, 6.45) is 4.81. The molecule has 0 unspecified atom stereocenters. The number of rotatable bonds is 7. The van der Waals surface area contributed by atoms with Crippen LogP contribution >= 0.6 is 12.2 Å². The summed E-state index contributed by atoms with van der Waals surface area (Å²) in [6.45, 7) is 6.54. The van der Waals surface area contributed by atoms with E-state index in [1.807, 2.05) is 11.6 Å². The van der Waals surface area contributed by atoms with E-state index in [9.17, 15) is 0 Å². The maximum atomic E-state index is 5.14. The quantitative estimate of drug-likeness (QED) is 0.747.